The molecule has 0 aromatic carbocycles. The van der Waals surface area contributed by atoms with Crippen molar-refractivity contribution in [1.29, 1.82) is 0 Å². The molecule has 0 radical (unpaired) electrons. The number of rotatable bonds is 4. The van der Waals surface area contributed by atoms with Gasteiger partial charge >= 0.3 is 0 Å². The number of aryl methyl sites for hydroxylation is 2. The van der Waals surface area contributed by atoms with Crippen LogP contribution >= 0.6 is 11.8 Å². The first-order chi connectivity index (χ1) is 14.6. The molecule has 0 N–H and O–H groups in total. The Kier molecular flexibility index (Phi) is 4.89. The van der Waals surface area contributed by atoms with Crippen LogP contribution in [0.1, 0.15) is 53.6 Å². The van der Waals surface area contributed by atoms with Crippen LogP contribution in [0.5, 0.6) is 0 Å². The maximum Gasteiger partial charge on any atom is 0.160 e. The summed E-state index contributed by atoms with van der Waals surface area (Å²) in [7, 11) is 0. The Labute approximate surface area is 182 Å². The normalized spacial score (nSPS) is 23.0. The van der Waals surface area contributed by atoms with Crippen molar-refractivity contribution < 1.29 is 0 Å². The third kappa shape index (κ3) is 3.05. The van der Waals surface area contributed by atoms with Gasteiger partial charge in [0.25, 0.3) is 0 Å². The number of nitrogens with zero attached hydrogens (tertiary/aromatic N) is 5. The monoisotopic (exact) mass is 417 g/mol. The standard InChI is InChI=1S/C24H27N5S/c1-5-18-14-30-24-27-22(20-8-6-7-11-25-20)23(29(18)24)19-12-16(3)28(17(19)4)21-10-9-15(2)13-26-21/h6-13,18,22-23H,5,14H2,1-4H3/t18-,22-,23-/m1/s1. The zero-order chi connectivity index (χ0) is 20.8. The topological polar surface area (TPSA) is 46.3 Å². The van der Waals surface area contributed by atoms with Crippen molar-refractivity contribution in [2.75, 3.05) is 5.75 Å². The van der Waals surface area contributed by atoms with Crippen LogP contribution in [-0.4, -0.2) is 36.4 Å². The second-order valence-corrected chi connectivity index (χ2v) is 9.18. The molecule has 6 heteroatoms. The Balaban J connectivity index is 1.63. The number of hydrogen-bond acceptors (Lipinski definition) is 5. The molecule has 5 heterocycles. The first-order valence-electron chi connectivity index (χ1n) is 10.6. The molecule has 0 unspecified atom stereocenters. The minimum Gasteiger partial charge on any atom is -0.338 e. The number of hydrogen-bond donors (Lipinski definition) is 0. The number of aromatic nitrogens is 3. The van der Waals surface area contributed by atoms with Gasteiger partial charge < -0.3 is 9.47 Å². The maximum atomic E-state index is 5.16. The zero-order valence-electron chi connectivity index (χ0n) is 17.9. The maximum absolute atomic E-state index is 5.16. The summed E-state index contributed by atoms with van der Waals surface area (Å²) in [5.74, 6) is 2.08. The molecule has 3 aromatic rings. The lowest BCUT2D eigenvalue weighted by Gasteiger charge is -2.32. The summed E-state index contributed by atoms with van der Waals surface area (Å²) in [6.45, 7) is 8.73. The summed E-state index contributed by atoms with van der Waals surface area (Å²) < 4.78 is 2.27. The fraction of sp³-hybridized carbons (Fsp3) is 0.375. The van der Waals surface area contributed by atoms with E-state index in [1.54, 1.807) is 0 Å². The van der Waals surface area contributed by atoms with Crippen molar-refractivity contribution >= 4 is 16.9 Å². The molecule has 0 bridgehead atoms. The van der Waals surface area contributed by atoms with Gasteiger partial charge in [0.2, 0.25) is 0 Å². The van der Waals surface area contributed by atoms with Gasteiger partial charge in [0.05, 0.1) is 11.7 Å². The Bertz CT molecular complexity index is 1090. The third-order valence-corrected chi connectivity index (χ3v) is 7.37. The third-order valence-electron chi connectivity index (χ3n) is 6.24. The molecule has 0 aliphatic carbocycles. The van der Waals surface area contributed by atoms with Crippen LogP contribution in [0.15, 0.2) is 53.8 Å². The molecule has 0 spiro atoms. The van der Waals surface area contributed by atoms with Crippen LogP contribution < -0.4 is 0 Å². The molecule has 30 heavy (non-hydrogen) atoms. The van der Waals surface area contributed by atoms with Gasteiger partial charge in [-0.2, -0.15) is 0 Å². The average molecular weight is 418 g/mol. The van der Waals surface area contributed by atoms with Crippen LogP contribution in [0.3, 0.4) is 0 Å². The molecule has 2 aliphatic heterocycles. The first-order valence-corrected chi connectivity index (χ1v) is 11.6. The number of aliphatic imine (C=N–C) groups is 1. The van der Waals surface area contributed by atoms with Crippen LogP contribution in [0, 0.1) is 20.8 Å². The van der Waals surface area contributed by atoms with Crippen LogP contribution in [0.2, 0.25) is 0 Å². The summed E-state index contributed by atoms with van der Waals surface area (Å²) in [5, 5.41) is 1.17. The van der Waals surface area contributed by atoms with Crippen molar-refractivity contribution in [3.05, 3.63) is 77.0 Å². The quantitative estimate of drug-likeness (QED) is 0.587. The summed E-state index contributed by atoms with van der Waals surface area (Å²) in [5.41, 5.74) is 5.97. The zero-order valence-corrected chi connectivity index (χ0v) is 18.7. The molecule has 0 saturated carbocycles. The second kappa shape index (κ2) is 7.58. The number of pyridine rings is 2. The number of thioether (sulfide) groups is 1. The second-order valence-electron chi connectivity index (χ2n) is 8.19. The summed E-state index contributed by atoms with van der Waals surface area (Å²) in [4.78, 5) is 17.1. The van der Waals surface area contributed by atoms with E-state index in [1.807, 2.05) is 30.2 Å². The van der Waals surface area contributed by atoms with E-state index in [0.717, 1.165) is 23.7 Å². The van der Waals surface area contributed by atoms with Gasteiger partial charge in [-0.1, -0.05) is 30.8 Å². The minimum absolute atomic E-state index is 0.0166. The van der Waals surface area contributed by atoms with Crippen molar-refractivity contribution in [2.45, 2.75) is 52.2 Å². The van der Waals surface area contributed by atoms with E-state index in [0.29, 0.717) is 6.04 Å². The largest absolute Gasteiger partial charge is 0.338 e. The molecular formula is C24H27N5S. The molecule has 1 fully saturated rings. The van der Waals surface area contributed by atoms with Crippen molar-refractivity contribution in [3.63, 3.8) is 0 Å². The molecular weight excluding hydrogens is 390 g/mol. The predicted molar refractivity (Wildman–Crippen MR) is 123 cm³/mol. The van der Waals surface area contributed by atoms with E-state index < -0.39 is 0 Å². The van der Waals surface area contributed by atoms with E-state index in [4.69, 9.17) is 4.99 Å². The van der Waals surface area contributed by atoms with E-state index in [2.05, 4.69) is 77.5 Å². The molecule has 5 nitrogen and oxygen atoms in total. The Morgan fingerprint density at radius 3 is 2.67 bits per heavy atom. The van der Waals surface area contributed by atoms with Crippen LogP contribution in [0.4, 0.5) is 0 Å². The highest BCUT2D eigenvalue weighted by Crippen LogP contribution is 2.49. The Hall–Kier alpha value is -2.60. The number of amidine groups is 1. The van der Waals surface area contributed by atoms with Gasteiger partial charge in [0.15, 0.2) is 5.17 Å². The van der Waals surface area contributed by atoms with Gasteiger partial charge in [-0.25, -0.2) is 4.98 Å². The summed E-state index contributed by atoms with van der Waals surface area (Å²) in [6.07, 6.45) is 4.93. The first kappa shape index (κ1) is 19.4. The van der Waals surface area contributed by atoms with Crippen molar-refractivity contribution in [3.8, 4) is 5.82 Å². The van der Waals surface area contributed by atoms with E-state index in [-0.39, 0.29) is 12.1 Å². The highest BCUT2D eigenvalue weighted by molar-refractivity contribution is 8.14. The molecule has 154 valence electrons. The highest BCUT2D eigenvalue weighted by Gasteiger charge is 2.46. The molecule has 3 aromatic heterocycles. The number of fused-ring (bicyclic) bond motifs is 1. The minimum atomic E-state index is 0.0166. The lowest BCUT2D eigenvalue weighted by molar-refractivity contribution is 0.254. The van der Waals surface area contributed by atoms with Gasteiger partial charge in [-0.15, -0.1) is 0 Å². The Morgan fingerprint density at radius 2 is 1.97 bits per heavy atom. The van der Waals surface area contributed by atoms with Crippen molar-refractivity contribution in [1.82, 2.24) is 19.4 Å². The summed E-state index contributed by atoms with van der Waals surface area (Å²) in [6, 6.07) is 13.4. The van der Waals surface area contributed by atoms with E-state index in [1.165, 1.54) is 27.7 Å². The average Bonchev–Trinajstić information content (AvgIpc) is 3.41. The van der Waals surface area contributed by atoms with Gasteiger partial charge in [-0.05, 0) is 62.6 Å². The molecule has 0 amide bonds. The lowest BCUT2D eigenvalue weighted by atomic mass is 9.95. The van der Waals surface area contributed by atoms with E-state index in [9.17, 15) is 0 Å². The molecule has 5 rings (SSSR count). The smallest absolute Gasteiger partial charge is 0.160 e. The SMILES string of the molecule is CC[C@@H]1CSC2=N[C@H](c3ccccn3)[C@@H](c3cc(C)n(-c4ccc(C)cn4)c3C)N21. The fourth-order valence-electron chi connectivity index (χ4n) is 4.72. The molecule has 2 aliphatic rings. The van der Waals surface area contributed by atoms with Crippen LogP contribution in [-0.2, 0) is 0 Å². The highest BCUT2D eigenvalue weighted by atomic mass is 32.2. The predicted octanol–water partition coefficient (Wildman–Crippen LogP) is 5.17. The van der Waals surface area contributed by atoms with Crippen LogP contribution in [0.25, 0.3) is 5.82 Å². The fourth-order valence-corrected chi connectivity index (χ4v) is 6.06. The van der Waals surface area contributed by atoms with Gasteiger partial charge in [0.1, 0.15) is 11.9 Å². The molecule has 1 saturated heterocycles. The Morgan fingerprint density at radius 1 is 1.10 bits per heavy atom. The van der Waals surface area contributed by atoms with E-state index >= 15 is 0 Å². The summed E-state index contributed by atoms with van der Waals surface area (Å²) >= 11 is 1.89. The lowest BCUT2D eigenvalue weighted by Crippen LogP contribution is -2.35. The molecule has 3 atom stereocenters. The van der Waals surface area contributed by atoms with Crippen molar-refractivity contribution in [2.24, 2.45) is 4.99 Å². The van der Waals surface area contributed by atoms with Gasteiger partial charge in [0, 0.05) is 35.6 Å². The van der Waals surface area contributed by atoms with Gasteiger partial charge in [-0.3, -0.25) is 9.98 Å².